The third kappa shape index (κ3) is 17.4. The molecular formula is C24H50O6. The van der Waals surface area contributed by atoms with Crippen molar-refractivity contribution in [3.8, 4) is 0 Å². The van der Waals surface area contributed by atoms with Crippen molar-refractivity contribution in [3.63, 3.8) is 0 Å². The van der Waals surface area contributed by atoms with Crippen LogP contribution in [0.2, 0.25) is 0 Å². The van der Waals surface area contributed by atoms with Gasteiger partial charge < -0.3 is 30.3 Å². The van der Waals surface area contributed by atoms with Crippen LogP contribution in [0.25, 0.3) is 0 Å². The van der Waals surface area contributed by atoms with Crippen molar-refractivity contribution in [2.24, 2.45) is 0 Å². The second-order valence-corrected chi connectivity index (χ2v) is 8.75. The zero-order valence-electron chi connectivity index (χ0n) is 19.6. The van der Waals surface area contributed by atoms with Gasteiger partial charge in [0.1, 0.15) is 0 Å². The SMILES string of the molecule is CCCCCCC(O)CCC(O)CCOC(CCCCCC)C(O)CC(O)CCO. The first-order valence-corrected chi connectivity index (χ1v) is 12.4. The van der Waals surface area contributed by atoms with E-state index < -0.39 is 18.3 Å². The largest absolute Gasteiger partial charge is 0.396 e. The van der Waals surface area contributed by atoms with E-state index in [1.165, 1.54) is 12.8 Å². The molecule has 0 saturated carbocycles. The second kappa shape index (κ2) is 20.7. The summed E-state index contributed by atoms with van der Waals surface area (Å²) in [5.41, 5.74) is 0. The molecule has 6 heteroatoms. The average molecular weight is 435 g/mol. The minimum Gasteiger partial charge on any atom is -0.396 e. The molecule has 182 valence electrons. The van der Waals surface area contributed by atoms with Crippen LogP contribution < -0.4 is 0 Å². The van der Waals surface area contributed by atoms with Crippen LogP contribution in [0, 0.1) is 0 Å². The number of ether oxygens (including phenoxy) is 1. The molecule has 0 aliphatic carbocycles. The third-order valence-electron chi connectivity index (χ3n) is 5.75. The first kappa shape index (κ1) is 29.8. The lowest BCUT2D eigenvalue weighted by Gasteiger charge is -2.26. The van der Waals surface area contributed by atoms with Crippen LogP contribution in [0.5, 0.6) is 0 Å². The number of hydrogen-bond acceptors (Lipinski definition) is 6. The molecular weight excluding hydrogens is 384 g/mol. The summed E-state index contributed by atoms with van der Waals surface area (Å²) in [5, 5.41) is 49.5. The van der Waals surface area contributed by atoms with E-state index in [4.69, 9.17) is 9.84 Å². The van der Waals surface area contributed by atoms with Crippen LogP contribution in [-0.2, 0) is 4.74 Å². The molecule has 0 amide bonds. The Balaban J connectivity index is 4.20. The molecule has 0 spiro atoms. The summed E-state index contributed by atoms with van der Waals surface area (Å²) in [4.78, 5) is 0. The van der Waals surface area contributed by atoms with E-state index in [9.17, 15) is 20.4 Å². The molecule has 5 unspecified atom stereocenters. The Morgan fingerprint density at radius 1 is 0.600 bits per heavy atom. The van der Waals surface area contributed by atoms with Gasteiger partial charge in [-0.05, 0) is 38.5 Å². The summed E-state index contributed by atoms with van der Waals surface area (Å²) in [5.74, 6) is 0. The van der Waals surface area contributed by atoms with Crippen LogP contribution in [0.1, 0.15) is 110 Å². The van der Waals surface area contributed by atoms with E-state index >= 15 is 0 Å². The van der Waals surface area contributed by atoms with Gasteiger partial charge in [0.25, 0.3) is 0 Å². The fraction of sp³-hybridized carbons (Fsp3) is 1.00. The topological polar surface area (TPSA) is 110 Å². The number of hydrogen-bond donors (Lipinski definition) is 5. The predicted molar refractivity (Wildman–Crippen MR) is 121 cm³/mol. The van der Waals surface area contributed by atoms with Gasteiger partial charge in [-0.15, -0.1) is 0 Å². The summed E-state index contributed by atoms with van der Waals surface area (Å²) in [6.07, 6.45) is 9.72. The lowest BCUT2D eigenvalue weighted by Crippen LogP contribution is -2.33. The summed E-state index contributed by atoms with van der Waals surface area (Å²) < 4.78 is 5.89. The monoisotopic (exact) mass is 434 g/mol. The van der Waals surface area contributed by atoms with Gasteiger partial charge in [0.05, 0.1) is 30.5 Å². The molecule has 0 aromatic carbocycles. The molecule has 0 aromatic heterocycles. The van der Waals surface area contributed by atoms with Crippen molar-refractivity contribution in [1.82, 2.24) is 0 Å². The molecule has 30 heavy (non-hydrogen) atoms. The highest BCUT2D eigenvalue weighted by molar-refractivity contribution is 4.74. The van der Waals surface area contributed by atoms with Crippen molar-refractivity contribution >= 4 is 0 Å². The van der Waals surface area contributed by atoms with E-state index in [0.29, 0.717) is 25.9 Å². The van der Waals surface area contributed by atoms with Crippen molar-refractivity contribution in [2.45, 2.75) is 141 Å². The van der Waals surface area contributed by atoms with Crippen LogP contribution in [0.4, 0.5) is 0 Å². The molecule has 5 N–H and O–H groups in total. The van der Waals surface area contributed by atoms with Crippen LogP contribution in [0.3, 0.4) is 0 Å². The molecule has 0 bridgehead atoms. The quantitative estimate of drug-likeness (QED) is 0.166. The number of rotatable bonds is 22. The number of aliphatic hydroxyl groups excluding tert-OH is 5. The molecule has 0 fully saturated rings. The van der Waals surface area contributed by atoms with Gasteiger partial charge in [0, 0.05) is 19.6 Å². The fourth-order valence-corrected chi connectivity index (χ4v) is 3.69. The molecule has 0 saturated heterocycles. The van der Waals surface area contributed by atoms with Crippen molar-refractivity contribution in [1.29, 1.82) is 0 Å². The van der Waals surface area contributed by atoms with Gasteiger partial charge in [0.2, 0.25) is 0 Å². The first-order valence-electron chi connectivity index (χ1n) is 12.4. The van der Waals surface area contributed by atoms with Gasteiger partial charge in [-0.1, -0.05) is 65.2 Å². The maximum absolute atomic E-state index is 10.5. The van der Waals surface area contributed by atoms with Gasteiger partial charge in [-0.3, -0.25) is 0 Å². The van der Waals surface area contributed by atoms with Gasteiger partial charge in [-0.2, -0.15) is 0 Å². The van der Waals surface area contributed by atoms with Crippen LogP contribution >= 0.6 is 0 Å². The highest BCUT2D eigenvalue weighted by Crippen LogP contribution is 2.18. The minimum atomic E-state index is -0.782. The zero-order chi connectivity index (χ0) is 22.6. The molecule has 5 atom stereocenters. The van der Waals surface area contributed by atoms with Crippen molar-refractivity contribution in [3.05, 3.63) is 0 Å². The Hall–Kier alpha value is -0.240. The summed E-state index contributed by atoms with van der Waals surface area (Å²) in [6.45, 7) is 4.56. The molecule has 0 heterocycles. The highest BCUT2D eigenvalue weighted by atomic mass is 16.5. The minimum absolute atomic E-state index is 0.105. The van der Waals surface area contributed by atoms with Crippen molar-refractivity contribution in [2.75, 3.05) is 13.2 Å². The maximum atomic E-state index is 10.5. The molecule has 6 nitrogen and oxygen atoms in total. The maximum Gasteiger partial charge on any atom is 0.0834 e. The smallest absolute Gasteiger partial charge is 0.0834 e. The molecule has 0 aromatic rings. The highest BCUT2D eigenvalue weighted by Gasteiger charge is 2.23. The zero-order valence-corrected chi connectivity index (χ0v) is 19.6. The van der Waals surface area contributed by atoms with E-state index in [-0.39, 0.29) is 31.7 Å². The lowest BCUT2D eigenvalue weighted by atomic mass is 9.99. The Morgan fingerprint density at radius 2 is 1.17 bits per heavy atom. The van der Waals surface area contributed by atoms with Gasteiger partial charge in [0.15, 0.2) is 0 Å². The fourth-order valence-electron chi connectivity index (χ4n) is 3.69. The number of aliphatic hydroxyl groups is 5. The van der Waals surface area contributed by atoms with Crippen LogP contribution in [-0.4, -0.2) is 69.3 Å². The summed E-state index contributed by atoms with van der Waals surface area (Å²) >= 11 is 0. The van der Waals surface area contributed by atoms with E-state index in [1.54, 1.807) is 0 Å². The molecule has 0 radical (unpaired) electrons. The molecule has 0 aliphatic rings. The van der Waals surface area contributed by atoms with E-state index in [0.717, 1.165) is 51.4 Å². The van der Waals surface area contributed by atoms with E-state index in [2.05, 4.69) is 13.8 Å². The molecule has 0 rings (SSSR count). The Kier molecular flexibility index (Phi) is 20.5. The van der Waals surface area contributed by atoms with Crippen molar-refractivity contribution < 1.29 is 30.3 Å². The van der Waals surface area contributed by atoms with Gasteiger partial charge in [-0.25, -0.2) is 0 Å². The summed E-state index contributed by atoms with van der Waals surface area (Å²) in [6, 6.07) is 0. The predicted octanol–water partition coefficient (Wildman–Crippen LogP) is 3.70. The Morgan fingerprint density at radius 3 is 1.73 bits per heavy atom. The van der Waals surface area contributed by atoms with E-state index in [1.807, 2.05) is 0 Å². The summed E-state index contributed by atoms with van der Waals surface area (Å²) in [7, 11) is 0. The average Bonchev–Trinajstić information content (AvgIpc) is 2.71. The third-order valence-corrected chi connectivity index (χ3v) is 5.75. The first-order chi connectivity index (χ1) is 14.4. The Labute approximate surface area is 184 Å². The number of unbranched alkanes of at least 4 members (excludes halogenated alkanes) is 6. The van der Waals surface area contributed by atoms with Gasteiger partial charge >= 0.3 is 0 Å². The molecule has 0 aliphatic heterocycles. The normalized spacial score (nSPS) is 16.9. The van der Waals surface area contributed by atoms with Crippen LogP contribution in [0.15, 0.2) is 0 Å². The second-order valence-electron chi connectivity index (χ2n) is 8.75. The standard InChI is InChI=1S/C24H50O6/c1-3-5-7-9-11-20(26)13-14-21(27)16-18-30-24(12-10-8-6-4-2)23(29)19-22(28)15-17-25/h20-29H,3-19H2,1-2H3. The lowest BCUT2D eigenvalue weighted by molar-refractivity contribution is -0.0681. The Bertz CT molecular complexity index is 355.